The van der Waals surface area contributed by atoms with Crippen LogP contribution < -0.4 is 9.62 Å². The molecule has 0 saturated carbocycles. The summed E-state index contributed by atoms with van der Waals surface area (Å²) in [5, 5.41) is 6.68. The number of hydrogen-bond acceptors (Lipinski definition) is 6. The highest BCUT2D eigenvalue weighted by Crippen LogP contribution is 2.22. The van der Waals surface area contributed by atoms with Crippen LogP contribution in [0.2, 0.25) is 0 Å². The van der Waals surface area contributed by atoms with Gasteiger partial charge < -0.3 is 9.84 Å². The summed E-state index contributed by atoms with van der Waals surface area (Å²) in [6.07, 6.45) is 1.13. The van der Waals surface area contributed by atoms with E-state index in [1.807, 2.05) is 31.2 Å². The van der Waals surface area contributed by atoms with Crippen molar-refractivity contribution in [3.63, 3.8) is 0 Å². The van der Waals surface area contributed by atoms with Gasteiger partial charge in [0, 0.05) is 18.2 Å². The molecule has 0 bridgehead atoms. The summed E-state index contributed by atoms with van der Waals surface area (Å²) >= 11 is 0. The molecule has 0 atom stereocenters. The predicted octanol–water partition coefficient (Wildman–Crippen LogP) is 2.68. The van der Waals surface area contributed by atoms with Crippen LogP contribution in [0.15, 0.2) is 47.0 Å². The zero-order chi connectivity index (χ0) is 21.2. The third-order valence-electron chi connectivity index (χ3n) is 4.44. The minimum atomic E-state index is -3.38. The predicted molar refractivity (Wildman–Crippen MR) is 110 cm³/mol. The van der Waals surface area contributed by atoms with E-state index in [1.54, 1.807) is 25.1 Å². The Morgan fingerprint density at radius 2 is 1.93 bits per heavy atom. The molecule has 0 fully saturated rings. The molecule has 1 amide bonds. The van der Waals surface area contributed by atoms with Crippen molar-refractivity contribution in [3.8, 4) is 11.4 Å². The molecule has 29 heavy (non-hydrogen) atoms. The maximum Gasteiger partial charge on any atom is 0.251 e. The van der Waals surface area contributed by atoms with Crippen molar-refractivity contribution >= 4 is 21.6 Å². The van der Waals surface area contributed by atoms with Crippen molar-refractivity contribution in [1.82, 2.24) is 15.5 Å². The highest BCUT2D eigenvalue weighted by molar-refractivity contribution is 7.92. The number of aromatic nitrogens is 2. The van der Waals surface area contributed by atoms with Gasteiger partial charge in [-0.3, -0.25) is 9.10 Å². The first-order valence-corrected chi connectivity index (χ1v) is 10.7. The molecule has 3 aromatic rings. The Labute approximate surface area is 169 Å². The maximum absolute atomic E-state index is 12.4. The van der Waals surface area contributed by atoms with Gasteiger partial charge in [-0.05, 0) is 43.7 Å². The highest BCUT2D eigenvalue weighted by Gasteiger charge is 2.16. The van der Waals surface area contributed by atoms with Gasteiger partial charge in [0.25, 0.3) is 5.91 Å². The molecular weight excluding hydrogens is 392 g/mol. The largest absolute Gasteiger partial charge is 0.343 e. The standard InChI is InChI=1S/C20H22N4O4S/c1-13-6-5-7-15(10-13)19-22-18(28-23-19)12-21-20(25)16-8-9-17(14(2)11-16)24(3)29(4,26)27/h5-11H,12H2,1-4H3,(H,21,25). The fraction of sp³-hybridized carbons (Fsp3) is 0.250. The molecule has 0 aliphatic carbocycles. The number of nitrogens with zero attached hydrogens (tertiary/aromatic N) is 3. The van der Waals surface area contributed by atoms with E-state index in [1.165, 1.54) is 11.4 Å². The zero-order valence-corrected chi connectivity index (χ0v) is 17.4. The molecule has 1 heterocycles. The number of anilines is 1. The number of aryl methyl sites for hydroxylation is 2. The van der Waals surface area contributed by atoms with Gasteiger partial charge in [0.2, 0.25) is 21.7 Å². The van der Waals surface area contributed by atoms with Gasteiger partial charge in [-0.15, -0.1) is 0 Å². The molecule has 8 nitrogen and oxygen atoms in total. The third-order valence-corrected chi connectivity index (χ3v) is 5.63. The Balaban J connectivity index is 1.68. The van der Waals surface area contributed by atoms with Gasteiger partial charge in [-0.25, -0.2) is 8.42 Å². The minimum absolute atomic E-state index is 0.0850. The second-order valence-electron chi connectivity index (χ2n) is 6.80. The van der Waals surface area contributed by atoms with Crippen molar-refractivity contribution in [2.75, 3.05) is 17.6 Å². The van der Waals surface area contributed by atoms with Crippen molar-refractivity contribution in [2.24, 2.45) is 0 Å². The van der Waals surface area contributed by atoms with Crippen LogP contribution >= 0.6 is 0 Å². The van der Waals surface area contributed by atoms with Crippen LogP contribution in [0.25, 0.3) is 11.4 Å². The van der Waals surface area contributed by atoms with Gasteiger partial charge in [0.1, 0.15) is 0 Å². The van der Waals surface area contributed by atoms with Crippen LogP contribution in [0.3, 0.4) is 0 Å². The average Bonchev–Trinajstić information content (AvgIpc) is 3.14. The maximum atomic E-state index is 12.4. The lowest BCUT2D eigenvalue weighted by atomic mass is 10.1. The van der Waals surface area contributed by atoms with Gasteiger partial charge in [-0.2, -0.15) is 4.98 Å². The fourth-order valence-corrected chi connectivity index (χ4v) is 3.38. The normalized spacial score (nSPS) is 11.3. The topological polar surface area (TPSA) is 105 Å². The van der Waals surface area contributed by atoms with Gasteiger partial charge in [0.05, 0.1) is 18.5 Å². The molecule has 1 N–H and O–H groups in total. The SMILES string of the molecule is Cc1cccc(-c2noc(CNC(=O)c3ccc(N(C)S(C)(=O)=O)c(C)c3)n2)c1. The Morgan fingerprint density at radius 3 is 2.59 bits per heavy atom. The molecule has 0 aliphatic heterocycles. The Kier molecular flexibility index (Phi) is 5.69. The number of nitrogens with one attached hydrogen (secondary N) is 1. The number of sulfonamides is 1. The van der Waals surface area contributed by atoms with E-state index in [9.17, 15) is 13.2 Å². The Morgan fingerprint density at radius 1 is 1.17 bits per heavy atom. The summed E-state index contributed by atoms with van der Waals surface area (Å²) in [5.41, 5.74) is 3.52. The summed E-state index contributed by atoms with van der Waals surface area (Å²) in [4.78, 5) is 16.7. The molecule has 0 aliphatic rings. The Bertz CT molecular complexity index is 1150. The Hall–Kier alpha value is -3.20. The smallest absolute Gasteiger partial charge is 0.251 e. The van der Waals surface area contributed by atoms with E-state index in [2.05, 4.69) is 15.5 Å². The van der Waals surface area contributed by atoms with Crippen LogP contribution in [0, 0.1) is 13.8 Å². The van der Waals surface area contributed by atoms with Crippen molar-refractivity contribution in [3.05, 3.63) is 65.0 Å². The third kappa shape index (κ3) is 4.80. The molecule has 0 saturated heterocycles. The monoisotopic (exact) mass is 414 g/mol. The summed E-state index contributed by atoms with van der Waals surface area (Å²) in [5.74, 6) is 0.430. The van der Waals surface area contributed by atoms with E-state index in [0.29, 0.717) is 28.5 Å². The van der Waals surface area contributed by atoms with E-state index < -0.39 is 10.0 Å². The van der Waals surface area contributed by atoms with E-state index in [0.717, 1.165) is 17.4 Å². The second-order valence-corrected chi connectivity index (χ2v) is 8.81. The van der Waals surface area contributed by atoms with Crippen LogP contribution in [-0.4, -0.2) is 37.8 Å². The van der Waals surface area contributed by atoms with Crippen LogP contribution in [0.1, 0.15) is 27.4 Å². The molecule has 1 aromatic heterocycles. The van der Waals surface area contributed by atoms with Gasteiger partial charge in [0.15, 0.2) is 0 Å². The quantitative estimate of drug-likeness (QED) is 0.665. The fourth-order valence-electron chi connectivity index (χ4n) is 2.81. The number of rotatable bonds is 6. The van der Waals surface area contributed by atoms with E-state index in [4.69, 9.17) is 4.52 Å². The number of carbonyl (C=O) groups is 1. The molecule has 9 heteroatoms. The number of benzene rings is 2. The number of hydrogen-bond donors (Lipinski definition) is 1. The van der Waals surface area contributed by atoms with E-state index in [-0.39, 0.29) is 12.5 Å². The molecular formula is C20H22N4O4S. The lowest BCUT2D eigenvalue weighted by Gasteiger charge is -2.19. The first-order chi connectivity index (χ1) is 13.6. The second kappa shape index (κ2) is 8.04. The molecule has 2 aromatic carbocycles. The zero-order valence-electron chi connectivity index (χ0n) is 16.6. The number of carbonyl (C=O) groups excluding carboxylic acids is 1. The van der Waals surface area contributed by atoms with Crippen molar-refractivity contribution in [1.29, 1.82) is 0 Å². The molecule has 0 spiro atoms. The summed E-state index contributed by atoms with van der Waals surface area (Å²) in [6.45, 7) is 3.81. The first kappa shape index (κ1) is 20.5. The first-order valence-electron chi connectivity index (χ1n) is 8.87. The van der Waals surface area contributed by atoms with Crippen molar-refractivity contribution in [2.45, 2.75) is 20.4 Å². The number of amides is 1. The van der Waals surface area contributed by atoms with Crippen LogP contribution in [0.5, 0.6) is 0 Å². The molecule has 0 radical (unpaired) electrons. The van der Waals surface area contributed by atoms with Gasteiger partial charge in [-0.1, -0.05) is 28.9 Å². The molecule has 3 rings (SSSR count). The van der Waals surface area contributed by atoms with Crippen molar-refractivity contribution < 1.29 is 17.7 Å². The van der Waals surface area contributed by atoms with E-state index >= 15 is 0 Å². The average molecular weight is 414 g/mol. The lowest BCUT2D eigenvalue weighted by molar-refractivity contribution is 0.0946. The van der Waals surface area contributed by atoms with Gasteiger partial charge >= 0.3 is 0 Å². The molecule has 152 valence electrons. The summed E-state index contributed by atoms with van der Waals surface area (Å²) in [6, 6.07) is 12.5. The lowest BCUT2D eigenvalue weighted by Crippen LogP contribution is -2.26. The van der Waals surface area contributed by atoms with Crippen LogP contribution in [0.4, 0.5) is 5.69 Å². The minimum Gasteiger partial charge on any atom is -0.343 e. The summed E-state index contributed by atoms with van der Waals surface area (Å²) < 4.78 is 29.8. The highest BCUT2D eigenvalue weighted by atomic mass is 32.2. The molecule has 0 unspecified atom stereocenters. The van der Waals surface area contributed by atoms with Crippen LogP contribution in [-0.2, 0) is 16.6 Å². The summed E-state index contributed by atoms with van der Waals surface area (Å²) in [7, 11) is -1.90.